The standard InChI is InChI=1S/C27H34N4O/c1-19(2)25(17-15-23-11-7-21(5)8-12-23)28-30-27(32)31-29-26(20(3)4)18-16-24-13-9-22(6)10-14-24/h7-20H,1-6H3,(H2,30,31,32)/b17-15-,18-16-,28-25-,29-26-. The normalized spacial score (nSPS) is 12.9. The number of nitrogens with zero attached hydrogens (tertiary/aromatic N) is 2. The van der Waals surface area contributed by atoms with Gasteiger partial charge in [0.1, 0.15) is 0 Å². The molecule has 0 aliphatic rings. The SMILES string of the molecule is Cc1ccc(/C=C\C(=N\NC(=O)N/N=C(/C=C\c2ccc(C)cc2)C(C)C)C(C)C)cc1. The topological polar surface area (TPSA) is 65.8 Å². The van der Waals surface area contributed by atoms with Crippen molar-refractivity contribution in [2.45, 2.75) is 41.5 Å². The summed E-state index contributed by atoms with van der Waals surface area (Å²) >= 11 is 0. The maximum atomic E-state index is 12.2. The summed E-state index contributed by atoms with van der Waals surface area (Å²) in [5, 5.41) is 8.52. The molecule has 0 atom stereocenters. The van der Waals surface area contributed by atoms with Gasteiger partial charge in [0.25, 0.3) is 0 Å². The molecule has 5 nitrogen and oxygen atoms in total. The summed E-state index contributed by atoms with van der Waals surface area (Å²) in [6.45, 7) is 12.2. The predicted molar refractivity (Wildman–Crippen MR) is 137 cm³/mol. The lowest BCUT2D eigenvalue weighted by atomic mass is 10.1. The number of benzene rings is 2. The molecule has 0 heterocycles. The van der Waals surface area contributed by atoms with Gasteiger partial charge in [0.2, 0.25) is 0 Å². The van der Waals surface area contributed by atoms with E-state index in [1.807, 2.05) is 52.0 Å². The average Bonchev–Trinajstić information content (AvgIpc) is 2.75. The van der Waals surface area contributed by atoms with Gasteiger partial charge in [-0.05, 0) is 49.0 Å². The largest absolute Gasteiger partial charge is 0.355 e. The Hall–Kier alpha value is -3.47. The van der Waals surface area contributed by atoms with E-state index in [0.717, 1.165) is 22.6 Å². The molecule has 2 aromatic rings. The number of hydrazone groups is 2. The van der Waals surface area contributed by atoms with Gasteiger partial charge >= 0.3 is 6.03 Å². The third kappa shape index (κ3) is 8.72. The molecular weight excluding hydrogens is 396 g/mol. The molecule has 2 amide bonds. The minimum atomic E-state index is -0.478. The Bertz CT molecular complexity index is 913. The number of urea groups is 1. The number of allylic oxidation sites excluding steroid dienone is 2. The van der Waals surface area contributed by atoms with Crippen LogP contribution in [0.3, 0.4) is 0 Å². The lowest BCUT2D eigenvalue weighted by Gasteiger charge is -2.08. The molecule has 32 heavy (non-hydrogen) atoms. The molecule has 0 radical (unpaired) electrons. The molecule has 5 heteroatoms. The molecular formula is C27H34N4O. The summed E-state index contributed by atoms with van der Waals surface area (Å²) in [5.41, 5.74) is 11.2. The maximum absolute atomic E-state index is 12.2. The second-order valence-corrected chi connectivity index (χ2v) is 8.42. The van der Waals surface area contributed by atoms with Crippen LogP contribution >= 0.6 is 0 Å². The number of aryl methyl sites for hydroxylation is 2. The summed E-state index contributed by atoms with van der Waals surface area (Å²) < 4.78 is 0. The molecule has 2 aromatic carbocycles. The van der Waals surface area contributed by atoms with Crippen molar-refractivity contribution in [1.82, 2.24) is 10.9 Å². The third-order valence-corrected chi connectivity index (χ3v) is 4.80. The fourth-order valence-electron chi connectivity index (χ4n) is 2.69. The lowest BCUT2D eigenvalue weighted by molar-refractivity contribution is 0.241. The molecule has 0 aromatic heterocycles. The first-order valence-electron chi connectivity index (χ1n) is 10.9. The highest BCUT2D eigenvalue weighted by molar-refractivity contribution is 6.01. The zero-order valence-corrected chi connectivity index (χ0v) is 19.9. The lowest BCUT2D eigenvalue weighted by Crippen LogP contribution is -2.31. The third-order valence-electron chi connectivity index (χ3n) is 4.80. The molecule has 2 rings (SSSR count). The van der Waals surface area contributed by atoms with Crippen molar-refractivity contribution >= 4 is 29.6 Å². The number of carbonyl (C=O) groups is 1. The van der Waals surface area contributed by atoms with Crippen LogP contribution in [0.1, 0.15) is 49.9 Å². The summed E-state index contributed by atoms with van der Waals surface area (Å²) in [7, 11) is 0. The van der Waals surface area contributed by atoms with E-state index in [1.54, 1.807) is 0 Å². The van der Waals surface area contributed by atoms with Crippen LogP contribution in [-0.2, 0) is 0 Å². The second-order valence-electron chi connectivity index (χ2n) is 8.42. The van der Waals surface area contributed by atoms with Crippen LogP contribution in [0.5, 0.6) is 0 Å². The number of hydrogen-bond donors (Lipinski definition) is 2. The fraction of sp³-hybridized carbons (Fsp3) is 0.296. The maximum Gasteiger partial charge on any atom is 0.355 e. The van der Waals surface area contributed by atoms with Gasteiger partial charge in [0.15, 0.2) is 0 Å². The predicted octanol–water partition coefficient (Wildman–Crippen LogP) is 6.35. The zero-order chi connectivity index (χ0) is 23.5. The molecule has 0 saturated carbocycles. The van der Waals surface area contributed by atoms with Gasteiger partial charge in [0, 0.05) is 0 Å². The van der Waals surface area contributed by atoms with Crippen LogP contribution in [0.25, 0.3) is 12.2 Å². The molecule has 0 spiro atoms. The summed E-state index contributed by atoms with van der Waals surface area (Å²) in [4.78, 5) is 12.2. The summed E-state index contributed by atoms with van der Waals surface area (Å²) in [6.07, 6.45) is 7.82. The Morgan fingerprint density at radius 3 is 1.34 bits per heavy atom. The van der Waals surface area contributed by atoms with E-state index in [4.69, 9.17) is 0 Å². The number of rotatable bonds is 8. The van der Waals surface area contributed by atoms with Gasteiger partial charge < -0.3 is 0 Å². The van der Waals surface area contributed by atoms with E-state index in [1.165, 1.54) is 11.1 Å². The number of hydrogen-bond acceptors (Lipinski definition) is 3. The van der Waals surface area contributed by atoms with Crippen molar-refractivity contribution in [1.29, 1.82) is 0 Å². The van der Waals surface area contributed by atoms with Crippen LogP contribution in [0.2, 0.25) is 0 Å². The van der Waals surface area contributed by atoms with Crippen LogP contribution in [0.15, 0.2) is 70.9 Å². The van der Waals surface area contributed by atoms with Gasteiger partial charge in [-0.25, -0.2) is 15.6 Å². The molecule has 0 aliphatic heterocycles. The summed E-state index contributed by atoms with van der Waals surface area (Å²) in [6, 6.07) is 16.0. The van der Waals surface area contributed by atoms with Crippen molar-refractivity contribution in [2.75, 3.05) is 0 Å². The van der Waals surface area contributed by atoms with Crippen LogP contribution in [0, 0.1) is 25.7 Å². The van der Waals surface area contributed by atoms with E-state index in [2.05, 4.69) is 83.4 Å². The second kappa shape index (κ2) is 12.4. The Kier molecular flexibility index (Phi) is 9.61. The highest BCUT2D eigenvalue weighted by Gasteiger charge is 2.05. The van der Waals surface area contributed by atoms with E-state index >= 15 is 0 Å². The Morgan fingerprint density at radius 2 is 1.03 bits per heavy atom. The number of carbonyl (C=O) groups excluding carboxylic acids is 1. The van der Waals surface area contributed by atoms with E-state index in [-0.39, 0.29) is 11.8 Å². The molecule has 2 N–H and O–H groups in total. The van der Waals surface area contributed by atoms with Gasteiger partial charge in [0.05, 0.1) is 11.4 Å². The molecule has 0 bridgehead atoms. The first kappa shape index (κ1) is 24.8. The Morgan fingerprint density at radius 1 is 0.688 bits per heavy atom. The first-order valence-corrected chi connectivity index (χ1v) is 10.9. The minimum absolute atomic E-state index is 0.157. The highest BCUT2D eigenvalue weighted by Crippen LogP contribution is 2.08. The Balaban J connectivity index is 2.01. The summed E-state index contributed by atoms with van der Waals surface area (Å²) in [5.74, 6) is 0.313. The van der Waals surface area contributed by atoms with Crippen molar-refractivity contribution < 1.29 is 4.79 Å². The molecule has 168 valence electrons. The van der Waals surface area contributed by atoms with Crippen molar-refractivity contribution in [3.05, 3.63) is 82.9 Å². The molecule has 0 unspecified atom stereocenters. The van der Waals surface area contributed by atoms with E-state index in [0.29, 0.717) is 0 Å². The number of amides is 2. The zero-order valence-electron chi connectivity index (χ0n) is 19.9. The van der Waals surface area contributed by atoms with E-state index in [9.17, 15) is 4.79 Å². The highest BCUT2D eigenvalue weighted by atomic mass is 16.2. The van der Waals surface area contributed by atoms with Crippen LogP contribution < -0.4 is 10.9 Å². The average molecular weight is 431 g/mol. The van der Waals surface area contributed by atoms with Crippen molar-refractivity contribution in [3.63, 3.8) is 0 Å². The van der Waals surface area contributed by atoms with Gasteiger partial charge in [-0.3, -0.25) is 0 Å². The number of nitrogens with one attached hydrogen (secondary N) is 2. The molecule has 0 saturated heterocycles. The monoisotopic (exact) mass is 430 g/mol. The van der Waals surface area contributed by atoms with E-state index < -0.39 is 6.03 Å². The van der Waals surface area contributed by atoms with Crippen molar-refractivity contribution in [3.8, 4) is 0 Å². The Labute approximate surface area is 192 Å². The minimum Gasteiger partial charge on any atom is -0.245 e. The first-order chi connectivity index (χ1) is 15.2. The molecule has 0 aliphatic carbocycles. The van der Waals surface area contributed by atoms with Gasteiger partial charge in [-0.2, -0.15) is 10.2 Å². The van der Waals surface area contributed by atoms with Gasteiger partial charge in [-0.1, -0.05) is 99.5 Å². The van der Waals surface area contributed by atoms with Crippen molar-refractivity contribution in [2.24, 2.45) is 22.0 Å². The molecule has 0 fully saturated rings. The van der Waals surface area contributed by atoms with Crippen LogP contribution in [-0.4, -0.2) is 17.5 Å². The fourth-order valence-corrected chi connectivity index (χ4v) is 2.69. The van der Waals surface area contributed by atoms with Crippen LogP contribution in [0.4, 0.5) is 4.79 Å². The quantitative estimate of drug-likeness (QED) is 0.372. The van der Waals surface area contributed by atoms with Gasteiger partial charge in [-0.15, -0.1) is 0 Å². The smallest absolute Gasteiger partial charge is 0.245 e.